The zero-order valence-corrected chi connectivity index (χ0v) is 4.99. The molecular weight excluding hydrogens is 138 g/mol. The first-order valence-electron chi connectivity index (χ1n) is 2.70. The normalized spacial score (nSPS) is 23.8. The molecule has 0 spiro atoms. The van der Waals surface area contributed by atoms with Gasteiger partial charge in [0.1, 0.15) is 12.3 Å². The number of rotatable bonds is 2. The zero-order chi connectivity index (χ0) is 7.56. The molecule has 1 aliphatic heterocycles. The number of amides is 1. The van der Waals surface area contributed by atoms with Gasteiger partial charge in [-0.15, -0.1) is 0 Å². The molecule has 0 aliphatic carbocycles. The third kappa shape index (κ3) is 1.12. The Morgan fingerprint density at radius 2 is 2.30 bits per heavy atom. The molecule has 0 aromatic carbocycles. The Balaban J connectivity index is 2.54. The van der Waals surface area contributed by atoms with Crippen molar-refractivity contribution in [3.05, 3.63) is 0 Å². The van der Waals surface area contributed by atoms with Gasteiger partial charge in [0.25, 0.3) is 0 Å². The Kier molecular flexibility index (Phi) is 1.66. The molecule has 10 heavy (non-hydrogen) atoms. The van der Waals surface area contributed by atoms with Gasteiger partial charge in [-0.2, -0.15) is 0 Å². The summed E-state index contributed by atoms with van der Waals surface area (Å²) in [7, 11) is 0. The zero-order valence-electron chi connectivity index (χ0n) is 4.99. The number of carbonyl (C=O) groups excluding carboxylic acids is 3. The standard InChI is InChI=1S/C5H5NO4/c7-2-1-3-4(8)10-5(9)6-3/h2-3H,1H2,(H,6,9). The Labute approximate surface area is 56.3 Å². The van der Waals surface area contributed by atoms with Crippen molar-refractivity contribution < 1.29 is 19.1 Å². The lowest BCUT2D eigenvalue weighted by Crippen LogP contribution is -2.28. The molecule has 1 saturated heterocycles. The molecule has 1 amide bonds. The van der Waals surface area contributed by atoms with Gasteiger partial charge in [-0.1, -0.05) is 0 Å². The molecule has 0 saturated carbocycles. The molecule has 5 nitrogen and oxygen atoms in total. The number of hydrogen-bond donors (Lipinski definition) is 1. The number of alkyl carbamates (subject to hydrolysis) is 1. The molecule has 0 radical (unpaired) electrons. The fourth-order valence-corrected chi connectivity index (χ4v) is 0.645. The van der Waals surface area contributed by atoms with Crippen molar-refractivity contribution in [1.29, 1.82) is 0 Å². The summed E-state index contributed by atoms with van der Waals surface area (Å²) in [5.74, 6) is -0.683. The molecule has 54 valence electrons. The van der Waals surface area contributed by atoms with Crippen molar-refractivity contribution in [3.63, 3.8) is 0 Å². The number of esters is 1. The first-order chi connectivity index (χ1) is 4.74. The quantitative estimate of drug-likeness (QED) is 0.312. The second-order valence-corrected chi connectivity index (χ2v) is 1.81. The summed E-state index contributed by atoms with van der Waals surface area (Å²) in [5, 5.41) is 2.16. The summed E-state index contributed by atoms with van der Waals surface area (Å²) in [4.78, 5) is 30.6. The lowest BCUT2D eigenvalue weighted by atomic mass is 10.2. The molecule has 0 aromatic rings. The van der Waals surface area contributed by atoms with Gasteiger partial charge in [0.05, 0.1) is 0 Å². The van der Waals surface area contributed by atoms with Crippen LogP contribution in [0.3, 0.4) is 0 Å². The highest BCUT2D eigenvalue weighted by Crippen LogP contribution is 2.01. The molecule has 0 bridgehead atoms. The third-order valence-corrected chi connectivity index (χ3v) is 1.10. The van der Waals surface area contributed by atoms with Crippen LogP contribution < -0.4 is 5.32 Å². The van der Waals surface area contributed by atoms with E-state index in [0.29, 0.717) is 6.29 Å². The van der Waals surface area contributed by atoms with Gasteiger partial charge in [0.2, 0.25) is 0 Å². The minimum Gasteiger partial charge on any atom is -0.375 e. The summed E-state index contributed by atoms with van der Waals surface area (Å²) in [5.41, 5.74) is 0. The third-order valence-electron chi connectivity index (χ3n) is 1.10. The number of hydrogen-bond acceptors (Lipinski definition) is 4. The van der Waals surface area contributed by atoms with E-state index in [1.165, 1.54) is 0 Å². The van der Waals surface area contributed by atoms with E-state index in [4.69, 9.17) is 0 Å². The number of ether oxygens (including phenoxy) is 1. The van der Waals surface area contributed by atoms with Crippen LogP contribution in [0.2, 0.25) is 0 Å². The average molecular weight is 143 g/mol. The van der Waals surface area contributed by atoms with Gasteiger partial charge >= 0.3 is 12.1 Å². The van der Waals surface area contributed by atoms with E-state index in [0.717, 1.165) is 0 Å². The lowest BCUT2D eigenvalue weighted by molar-refractivity contribution is -0.136. The first-order valence-corrected chi connectivity index (χ1v) is 2.70. The lowest BCUT2D eigenvalue weighted by Gasteiger charge is -1.95. The topological polar surface area (TPSA) is 72.5 Å². The van der Waals surface area contributed by atoms with E-state index in [9.17, 15) is 14.4 Å². The number of aldehydes is 1. The van der Waals surface area contributed by atoms with Gasteiger partial charge in [0.15, 0.2) is 0 Å². The van der Waals surface area contributed by atoms with Gasteiger partial charge in [-0.05, 0) is 0 Å². The SMILES string of the molecule is O=CCC1NC(=O)OC1=O. The van der Waals surface area contributed by atoms with Gasteiger partial charge < -0.3 is 14.8 Å². The van der Waals surface area contributed by atoms with E-state index < -0.39 is 18.1 Å². The highest BCUT2D eigenvalue weighted by Gasteiger charge is 2.31. The molecule has 1 atom stereocenters. The van der Waals surface area contributed by atoms with Crippen LogP contribution in [0.15, 0.2) is 0 Å². The van der Waals surface area contributed by atoms with Crippen molar-refractivity contribution >= 4 is 18.3 Å². The largest absolute Gasteiger partial charge is 0.415 e. The minimum atomic E-state index is -0.781. The van der Waals surface area contributed by atoms with Crippen LogP contribution in [-0.2, 0) is 14.3 Å². The molecule has 1 unspecified atom stereocenters. The maximum Gasteiger partial charge on any atom is 0.415 e. The molecule has 5 heteroatoms. The maximum absolute atomic E-state index is 10.5. The van der Waals surface area contributed by atoms with E-state index >= 15 is 0 Å². The first kappa shape index (κ1) is 6.73. The highest BCUT2D eigenvalue weighted by molar-refractivity contribution is 5.96. The summed E-state index contributed by atoms with van der Waals surface area (Å²) < 4.78 is 4.08. The molecule has 1 fully saturated rings. The van der Waals surface area contributed by atoms with E-state index in [-0.39, 0.29) is 6.42 Å². The molecule has 1 aliphatic rings. The van der Waals surface area contributed by atoms with Crippen LogP contribution in [0.4, 0.5) is 4.79 Å². The highest BCUT2D eigenvalue weighted by atomic mass is 16.6. The number of nitrogens with one attached hydrogen (secondary N) is 1. The molecule has 1 heterocycles. The fraction of sp³-hybridized carbons (Fsp3) is 0.400. The van der Waals surface area contributed by atoms with Crippen LogP contribution in [0, 0.1) is 0 Å². The second-order valence-electron chi connectivity index (χ2n) is 1.81. The Morgan fingerprint density at radius 1 is 1.60 bits per heavy atom. The van der Waals surface area contributed by atoms with Gasteiger partial charge in [0, 0.05) is 6.42 Å². The molecule has 1 rings (SSSR count). The van der Waals surface area contributed by atoms with E-state index in [1.54, 1.807) is 0 Å². The van der Waals surface area contributed by atoms with Crippen LogP contribution in [0.5, 0.6) is 0 Å². The average Bonchev–Trinajstić information content (AvgIpc) is 2.13. The van der Waals surface area contributed by atoms with Crippen LogP contribution in [-0.4, -0.2) is 24.4 Å². The van der Waals surface area contributed by atoms with Crippen LogP contribution in [0.1, 0.15) is 6.42 Å². The summed E-state index contributed by atoms with van der Waals surface area (Å²) >= 11 is 0. The van der Waals surface area contributed by atoms with Crippen molar-refractivity contribution in [2.75, 3.05) is 0 Å². The van der Waals surface area contributed by atoms with Gasteiger partial charge in [-0.3, -0.25) is 0 Å². The maximum atomic E-state index is 10.5. The van der Waals surface area contributed by atoms with Crippen LogP contribution >= 0.6 is 0 Å². The molecule has 0 aromatic heterocycles. The summed E-state index contributed by atoms with van der Waals surface area (Å²) in [6.07, 6.45) is -0.251. The Bertz CT molecular complexity index is 188. The second kappa shape index (κ2) is 2.47. The van der Waals surface area contributed by atoms with E-state index in [1.807, 2.05) is 0 Å². The Morgan fingerprint density at radius 3 is 2.70 bits per heavy atom. The predicted molar refractivity (Wildman–Crippen MR) is 29.1 cm³/mol. The van der Waals surface area contributed by atoms with Crippen molar-refractivity contribution in [3.8, 4) is 0 Å². The van der Waals surface area contributed by atoms with Crippen molar-refractivity contribution in [1.82, 2.24) is 5.32 Å². The monoisotopic (exact) mass is 143 g/mol. The van der Waals surface area contributed by atoms with Crippen molar-refractivity contribution in [2.45, 2.75) is 12.5 Å². The molecule has 1 N–H and O–H groups in total. The van der Waals surface area contributed by atoms with Crippen LogP contribution in [0.25, 0.3) is 0 Å². The number of cyclic esters (lactones) is 2. The Hall–Kier alpha value is -1.39. The molecular formula is C5H5NO4. The fourth-order valence-electron chi connectivity index (χ4n) is 0.645. The minimum absolute atomic E-state index is 0.0232. The smallest absolute Gasteiger partial charge is 0.375 e. The van der Waals surface area contributed by atoms with E-state index in [2.05, 4.69) is 10.1 Å². The number of carbonyl (C=O) groups is 3. The van der Waals surface area contributed by atoms with Gasteiger partial charge in [-0.25, -0.2) is 9.59 Å². The predicted octanol–water partition coefficient (Wildman–Crippen LogP) is -0.790. The summed E-state index contributed by atoms with van der Waals surface area (Å²) in [6.45, 7) is 0. The van der Waals surface area contributed by atoms with Crippen molar-refractivity contribution in [2.24, 2.45) is 0 Å². The summed E-state index contributed by atoms with van der Waals surface area (Å²) in [6, 6.07) is -0.773.